The van der Waals surface area contributed by atoms with E-state index >= 15 is 0 Å². The Bertz CT molecular complexity index is 1230. The van der Waals surface area contributed by atoms with Crippen molar-refractivity contribution >= 4 is 11.9 Å². The van der Waals surface area contributed by atoms with Crippen LogP contribution in [0.15, 0.2) is 54.7 Å². The zero-order valence-electron chi connectivity index (χ0n) is 18.5. The lowest BCUT2D eigenvalue weighted by Crippen LogP contribution is -2.50. The van der Waals surface area contributed by atoms with E-state index in [4.69, 9.17) is 14.2 Å². The minimum atomic E-state index is -1.13. The molecule has 2 aromatic carbocycles. The molecule has 0 saturated heterocycles. The maximum Gasteiger partial charge on any atom is 0.337 e. The number of nitrogens with one attached hydrogen (secondary N) is 1. The van der Waals surface area contributed by atoms with Gasteiger partial charge in [-0.15, -0.1) is 0 Å². The molecule has 0 radical (unpaired) electrons. The number of pyridine rings is 1. The molecule has 0 aliphatic carbocycles. The molecule has 1 N–H and O–H groups in total. The summed E-state index contributed by atoms with van der Waals surface area (Å²) in [6, 6.07) is 12.8. The number of hydrogen-bond acceptors (Lipinski definition) is 6. The number of aromatic nitrogens is 1. The van der Waals surface area contributed by atoms with Crippen molar-refractivity contribution in [2.75, 3.05) is 20.8 Å². The zero-order chi connectivity index (χ0) is 23.6. The number of benzene rings is 2. The lowest BCUT2D eigenvalue weighted by molar-refractivity contribution is 0.0599. The Balaban J connectivity index is 1.82. The smallest absolute Gasteiger partial charge is 0.337 e. The Kier molecular flexibility index (Phi) is 6.00. The molecule has 1 aromatic heterocycles. The minimum Gasteiger partial charge on any atom is -0.496 e. The van der Waals surface area contributed by atoms with E-state index in [2.05, 4.69) is 10.3 Å². The Morgan fingerprint density at radius 1 is 1.15 bits per heavy atom. The highest BCUT2D eigenvalue weighted by molar-refractivity contribution is 5.99. The van der Waals surface area contributed by atoms with Crippen molar-refractivity contribution in [3.05, 3.63) is 88.5 Å². The van der Waals surface area contributed by atoms with Crippen LogP contribution in [0.2, 0.25) is 0 Å². The fraction of sp³-hybridized carbons (Fsp3) is 0.240. The molecule has 1 amide bonds. The Morgan fingerprint density at radius 2 is 1.97 bits per heavy atom. The molecule has 0 saturated carbocycles. The van der Waals surface area contributed by atoms with Gasteiger partial charge in [-0.2, -0.15) is 0 Å². The van der Waals surface area contributed by atoms with Crippen LogP contribution < -0.4 is 14.8 Å². The van der Waals surface area contributed by atoms with Crippen LogP contribution in [-0.4, -0.2) is 37.7 Å². The number of aryl methyl sites for hydroxylation is 1. The van der Waals surface area contributed by atoms with E-state index in [1.54, 1.807) is 37.4 Å². The van der Waals surface area contributed by atoms with E-state index in [1.165, 1.54) is 38.5 Å². The second-order valence-electron chi connectivity index (χ2n) is 7.68. The van der Waals surface area contributed by atoms with Crippen LogP contribution in [0.25, 0.3) is 0 Å². The van der Waals surface area contributed by atoms with Crippen LogP contribution in [0.5, 0.6) is 11.5 Å². The number of rotatable bonds is 5. The maximum atomic E-state index is 14.6. The summed E-state index contributed by atoms with van der Waals surface area (Å²) in [7, 11) is 2.68. The summed E-state index contributed by atoms with van der Waals surface area (Å²) in [5, 5.41) is 3.06. The van der Waals surface area contributed by atoms with E-state index < -0.39 is 17.4 Å². The maximum absolute atomic E-state index is 14.6. The van der Waals surface area contributed by atoms with Gasteiger partial charge in [0.05, 0.1) is 32.0 Å². The number of ether oxygens (including phenoxy) is 3. The number of esters is 1. The summed E-state index contributed by atoms with van der Waals surface area (Å²) < 4.78 is 30.4. The third-order valence-electron chi connectivity index (χ3n) is 5.77. The van der Waals surface area contributed by atoms with Crippen molar-refractivity contribution in [3.63, 3.8) is 0 Å². The summed E-state index contributed by atoms with van der Waals surface area (Å²) in [5.74, 6) is -0.686. The Morgan fingerprint density at radius 3 is 2.70 bits per heavy atom. The van der Waals surface area contributed by atoms with Gasteiger partial charge in [-0.3, -0.25) is 9.78 Å². The second kappa shape index (κ2) is 8.90. The first-order valence-corrected chi connectivity index (χ1v) is 10.3. The molecule has 0 bridgehead atoms. The number of hydrogen-bond donors (Lipinski definition) is 1. The Hall–Kier alpha value is -3.94. The molecule has 8 heteroatoms. The number of methoxy groups -OCH3 is 2. The van der Waals surface area contributed by atoms with Gasteiger partial charge in [0.1, 0.15) is 28.5 Å². The van der Waals surface area contributed by atoms with E-state index in [1.807, 2.05) is 0 Å². The van der Waals surface area contributed by atoms with Crippen molar-refractivity contribution in [2.24, 2.45) is 0 Å². The lowest BCUT2D eigenvalue weighted by Gasteiger charge is -2.39. The van der Waals surface area contributed by atoms with Crippen LogP contribution in [0.4, 0.5) is 4.39 Å². The molecule has 0 fully saturated rings. The molecule has 1 aliphatic heterocycles. The number of nitrogens with zero attached hydrogens (tertiary/aromatic N) is 1. The molecular weight excluding hydrogens is 427 g/mol. The highest BCUT2D eigenvalue weighted by Gasteiger charge is 2.43. The van der Waals surface area contributed by atoms with Crippen LogP contribution >= 0.6 is 0 Å². The fourth-order valence-corrected chi connectivity index (χ4v) is 3.98. The van der Waals surface area contributed by atoms with Gasteiger partial charge >= 0.3 is 5.97 Å². The van der Waals surface area contributed by atoms with E-state index in [0.29, 0.717) is 35.6 Å². The molecule has 1 atom stereocenters. The topological polar surface area (TPSA) is 86.8 Å². The molecule has 7 nitrogen and oxygen atoms in total. The normalized spacial score (nSPS) is 16.8. The number of carbonyl (C=O) groups excluding carboxylic acids is 2. The van der Waals surface area contributed by atoms with Gasteiger partial charge < -0.3 is 19.5 Å². The quantitative estimate of drug-likeness (QED) is 0.596. The first-order chi connectivity index (χ1) is 15.9. The first kappa shape index (κ1) is 22.3. The molecule has 4 rings (SSSR count). The highest BCUT2D eigenvalue weighted by atomic mass is 19.1. The van der Waals surface area contributed by atoms with E-state index in [9.17, 15) is 14.0 Å². The van der Waals surface area contributed by atoms with E-state index in [-0.39, 0.29) is 22.7 Å². The van der Waals surface area contributed by atoms with E-state index in [0.717, 1.165) is 0 Å². The largest absolute Gasteiger partial charge is 0.496 e. The minimum absolute atomic E-state index is 0.203. The van der Waals surface area contributed by atoms with Crippen LogP contribution in [-0.2, 0) is 10.3 Å². The summed E-state index contributed by atoms with van der Waals surface area (Å²) in [5.41, 5.74) is 0.853. The zero-order valence-corrected chi connectivity index (χ0v) is 18.5. The highest BCUT2D eigenvalue weighted by Crippen LogP contribution is 2.41. The predicted octanol–water partition coefficient (Wildman–Crippen LogP) is 3.78. The predicted molar refractivity (Wildman–Crippen MR) is 118 cm³/mol. The van der Waals surface area contributed by atoms with Gasteiger partial charge in [0.2, 0.25) is 0 Å². The molecule has 0 spiro atoms. The third-order valence-corrected chi connectivity index (χ3v) is 5.77. The third kappa shape index (κ3) is 4.00. The molecule has 0 unspecified atom stereocenters. The molecule has 33 heavy (non-hydrogen) atoms. The Labute approximate surface area is 190 Å². The second-order valence-corrected chi connectivity index (χ2v) is 7.68. The molecule has 3 aromatic rings. The molecule has 170 valence electrons. The number of halogens is 1. The number of carbonyl (C=O) groups is 2. The van der Waals surface area contributed by atoms with Crippen molar-refractivity contribution in [1.29, 1.82) is 0 Å². The van der Waals surface area contributed by atoms with Crippen molar-refractivity contribution in [2.45, 2.75) is 18.9 Å². The molecular formula is C25H23FN2O5. The number of fused-ring (bicyclic) bond motifs is 1. The van der Waals surface area contributed by atoms with Gasteiger partial charge in [0.25, 0.3) is 5.91 Å². The summed E-state index contributed by atoms with van der Waals surface area (Å²) >= 11 is 0. The number of amides is 1. The monoisotopic (exact) mass is 450 g/mol. The van der Waals surface area contributed by atoms with Crippen molar-refractivity contribution in [1.82, 2.24) is 10.3 Å². The van der Waals surface area contributed by atoms with Gasteiger partial charge in [0.15, 0.2) is 0 Å². The summed E-state index contributed by atoms with van der Waals surface area (Å²) in [6.45, 7) is 1.97. The van der Waals surface area contributed by atoms with Gasteiger partial charge in [-0.05, 0) is 54.4 Å². The van der Waals surface area contributed by atoms with Gasteiger partial charge in [0, 0.05) is 12.6 Å². The summed E-state index contributed by atoms with van der Waals surface area (Å²) in [4.78, 5) is 29.9. The van der Waals surface area contributed by atoms with Crippen LogP contribution in [0, 0.1) is 12.7 Å². The van der Waals surface area contributed by atoms with Crippen LogP contribution in [0.3, 0.4) is 0 Å². The van der Waals surface area contributed by atoms with Gasteiger partial charge in [-0.1, -0.05) is 12.1 Å². The fourth-order valence-electron chi connectivity index (χ4n) is 3.98. The SMILES string of the molecule is COC(=O)c1ccc(C(=O)N[C@]2(c3ccc(C)c(F)c3)CCOc3cccnc32)c(OC)c1. The average molecular weight is 450 g/mol. The average Bonchev–Trinajstić information content (AvgIpc) is 2.84. The standard InChI is InChI=1S/C25H23FN2O5/c1-15-6-8-17(14-19(15)26)25(10-12-33-20-5-4-11-27-22(20)25)28-23(29)18-9-7-16(24(30)32-3)13-21(18)31-2/h4-9,11,13-14H,10,12H2,1-3H3,(H,28,29)/t25-/m0/s1. The van der Waals surface area contributed by atoms with Gasteiger partial charge in [-0.25, -0.2) is 9.18 Å². The molecule has 1 aliphatic rings. The lowest BCUT2D eigenvalue weighted by atomic mass is 9.80. The first-order valence-electron chi connectivity index (χ1n) is 10.3. The summed E-state index contributed by atoms with van der Waals surface area (Å²) in [6.07, 6.45) is 1.94. The van der Waals surface area contributed by atoms with Crippen molar-refractivity contribution in [3.8, 4) is 11.5 Å². The van der Waals surface area contributed by atoms with Crippen LogP contribution in [0.1, 0.15) is 44.0 Å². The van der Waals surface area contributed by atoms with Crippen molar-refractivity contribution < 1.29 is 28.2 Å². The molecule has 2 heterocycles.